The quantitative estimate of drug-likeness (QED) is 0.513. The fraction of sp³-hybridized carbons (Fsp3) is 0.364. The maximum absolute atomic E-state index is 12.8. The molecule has 2 aromatic rings. The smallest absolute Gasteiger partial charge is 0.746 e. The zero-order valence-electron chi connectivity index (χ0n) is 17.1. The molecule has 30 heavy (non-hydrogen) atoms. The van der Waals surface area contributed by atoms with Crippen LogP contribution in [0.25, 0.3) is 11.8 Å². The van der Waals surface area contributed by atoms with Gasteiger partial charge >= 0.3 is 37.4 Å². The first-order chi connectivity index (χ1) is 14.0. The molecular weight excluding hydrogens is 430 g/mol. The minimum Gasteiger partial charge on any atom is -0.746 e. The summed E-state index contributed by atoms with van der Waals surface area (Å²) < 4.78 is 29.5. The number of benzene rings is 2. The van der Waals surface area contributed by atoms with Crippen LogP contribution < -0.4 is 39.2 Å². The Labute approximate surface area is 203 Å². The topological polar surface area (TPSA) is 67.8 Å². The number of phosphoric acid groups is 1. The van der Waals surface area contributed by atoms with Gasteiger partial charge in [0.15, 0.2) is 0 Å². The SMILES string of the molecule is COc1cccc2c1Sc1ccccc1C=C2OP(=O)([O-])O[C@H]1C[C@@H]2CC[C@H]1C2.[Na+]. The summed E-state index contributed by atoms with van der Waals surface area (Å²) in [5.74, 6) is 1.86. The Kier molecular flexibility index (Phi) is 6.76. The van der Waals surface area contributed by atoms with E-state index < -0.39 is 7.82 Å². The first kappa shape index (κ1) is 22.5. The minimum atomic E-state index is -4.52. The van der Waals surface area contributed by atoms with Crippen LogP contribution in [0.3, 0.4) is 0 Å². The number of hydrogen-bond donors (Lipinski definition) is 0. The summed E-state index contributed by atoms with van der Waals surface area (Å²) in [7, 11) is -2.91. The molecule has 2 fully saturated rings. The molecule has 4 atom stereocenters. The van der Waals surface area contributed by atoms with E-state index in [0.717, 1.165) is 34.6 Å². The molecule has 2 bridgehead atoms. The number of rotatable bonds is 5. The first-order valence-electron chi connectivity index (χ1n) is 9.87. The van der Waals surface area contributed by atoms with Crippen LogP contribution in [0.1, 0.15) is 36.8 Å². The molecule has 1 aliphatic heterocycles. The van der Waals surface area contributed by atoms with E-state index in [1.54, 1.807) is 13.2 Å². The molecule has 0 saturated heterocycles. The Morgan fingerprint density at radius 1 is 1.10 bits per heavy atom. The van der Waals surface area contributed by atoms with Gasteiger partial charge in [-0.2, -0.15) is 0 Å². The van der Waals surface area contributed by atoms with Crippen LogP contribution in [0.4, 0.5) is 0 Å². The third-order valence-corrected chi connectivity index (χ3v) is 8.20. The van der Waals surface area contributed by atoms with E-state index in [9.17, 15) is 9.46 Å². The summed E-state index contributed by atoms with van der Waals surface area (Å²) in [4.78, 5) is 14.7. The summed E-state index contributed by atoms with van der Waals surface area (Å²) in [6.45, 7) is 0. The van der Waals surface area contributed by atoms with Gasteiger partial charge in [-0.05, 0) is 67.4 Å². The average Bonchev–Trinajstić information content (AvgIpc) is 3.27. The number of methoxy groups -OCH3 is 1. The molecule has 0 N–H and O–H groups in total. The molecule has 8 heteroatoms. The number of hydrogen-bond acceptors (Lipinski definition) is 6. The van der Waals surface area contributed by atoms with Crippen LogP contribution in [-0.2, 0) is 13.6 Å². The third kappa shape index (κ3) is 4.42. The van der Waals surface area contributed by atoms with Crippen LogP contribution in [0.2, 0.25) is 0 Å². The van der Waals surface area contributed by atoms with Gasteiger partial charge < -0.3 is 18.7 Å². The van der Waals surface area contributed by atoms with Crippen molar-refractivity contribution in [2.24, 2.45) is 11.8 Å². The maximum Gasteiger partial charge on any atom is 1.00 e. The Bertz CT molecular complexity index is 1030. The van der Waals surface area contributed by atoms with E-state index in [1.807, 2.05) is 42.5 Å². The summed E-state index contributed by atoms with van der Waals surface area (Å²) >= 11 is 1.54. The predicted molar refractivity (Wildman–Crippen MR) is 110 cm³/mol. The van der Waals surface area contributed by atoms with Gasteiger partial charge in [0.25, 0.3) is 0 Å². The Morgan fingerprint density at radius 3 is 2.67 bits per heavy atom. The van der Waals surface area contributed by atoms with E-state index in [2.05, 4.69) is 0 Å². The monoisotopic (exact) mass is 452 g/mol. The summed E-state index contributed by atoms with van der Waals surface area (Å²) in [5.41, 5.74) is 1.57. The molecule has 0 aromatic heterocycles. The molecule has 0 spiro atoms. The van der Waals surface area contributed by atoms with Crippen LogP contribution in [0.15, 0.2) is 52.3 Å². The maximum atomic E-state index is 12.8. The second-order valence-corrected chi connectivity index (χ2v) is 10.2. The number of ether oxygens (including phenoxy) is 1. The molecule has 1 unspecified atom stereocenters. The van der Waals surface area contributed by atoms with E-state index >= 15 is 0 Å². The van der Waals surface area contributed by atoms with Gasteiger partial charge in [-0.25, -0.2) is 0 Å². The van der Waals surface area contributed by atoms with Gasteiger partial charge in [-0.1, -0.05) is 36.0 Å². The van der Waals surface area contributed by atoms with Gasteiger partial charge in [-0.3, -0.25) is 4.57 Å². The summed E-state index contributed by atoms with van der Waals surface area (Å²) in [5, 5.41) is 0. The van der Waals surface area contributed by atoms with Crippen LogP contribution in [0.5, 0.6) is 5.75 Å². The van der Waals surface area contributed by atoms with E-state index in [0.29, 0.717) is 23.1 Å². The van der Waals surface area contributed by atoms with Gasteiger partial charge in [0, 0.05) is 10.5 Å². The van der Waals surface area contributed by atoms with Crippen LogP contribution in [0, 0.1) is 11.8 Å². The Hall–Kier alpha value is -0.720. The van der Waals surface area contributed by atoms with Crippen molar-refractivity contribution in [1.82, 2.24) is 0 Å². The van der Waals surface area contributed by atoms with E-state index in [1.165, 1.54) is 18.2 Å². The molecule has 0 amide bonds. The minimum absolute atomic E-state index is 0. The van der Waals surface area contributed by atoms with E-state index in [4.69, 9.17) is 13.8 Å². The molecule has 3 aliphatic rings. The molecule has 1 heterocycles. The second kappa shape index (κ2) is 9.03. The normalized spacial score (nSPS) is 25.8. The molecule has 152 valence electrons. The summed E-state index contributed by atoms with van der Waals surface area (Å²) in [6.07, 6.45) is 5.61. The van der Waals surface area contributed by atoms with Crippen molar-refractivity contribution >= 4 is 31.4 Å². The van der Waals surface area contributed by atoms with Gasteiger partial charge in [0.2, 0.25) is 0 Å². The number of phosphoric ester groups is 1. The van der Waals surface area contributed by atoms with Gasteiger partial charge in [0.1, 0.15) is 11.5 Å². The third-order valence-electron chi connectivity index (χ3n) is 6.03. The van der Waals surface area contributed by atoms with Crippen molar-refractivity contribution in [2.75, 3.05) is 7.11 Å². The molecule has 5 rings (SSSR count). The zero-order valence-corrected chi connectivity index (χ0v) is 20.8. The van der Waals surface area contributed by atoms with Gasteiger partial charge in [-0.15, -0.1) is 0 Å². The number of fused-ring (bicyclic) bond motifs is 4. The van der Waals surface area contributed by atoms with Crippen LogP contribution in [-0.4, -0.2) is 13.2 Å². The van der Waals surface area contributed by atoms with Crippen LogP contribution >= 0.6 is 19.6 Å². The molecular formula is C22H22NaO5PS. The molecule has 0 radical (unpaired) electrons. The fourth-order valence-electron chi connectivity index (χ4n) is 4.70. The second-order valence-electron chi connectivity index (χ2n) is 7.84. The van der Waals surface area contributed by atoms with E-state index in [-0.39, 0.29) is 41.4 Å². The van der Waals surface area contributed by atoms with Crippen molar-refractivity contribution < 1.29 is 52.8 Å². The average molecular weight is 452 g/mol. The van der Waals surface area contributed by atoms with Crippen molar-refractivity contribution in [3.8, 4) is 5.75 Å². The van der Waals surface area contributed by atoms with Gasteiger partial charge in [0.05, 0.1) is 18.1 Å². The summed E-state index contributed by atoms with van der Waals surface area (Å²) in [6, 6.07) is 13.4. The molecule has 2 aromatic carbocycles. The van der Waals surface area contributed by atoms with Crippen molar-refractivity contribution in [1.29, 1.82) is 0 Å². The standard InChI is InChI=1S/C22H23O5PS.Na/c1-25-18-7-4-6-17-20(13-16-5-2-3-8-21(16)29-22(17)18)27-28(23,24)26-19-12-14-9-10-15(19)11-14;/h2-8,13-15,19H,9-12H2,1H3,(H,23,24);/q;+1/p-1/t14-,15+,19+;/m1./s1. The predicted octanol–water partition coefficient (Wildman–Crippen LogP) is 2.35. The molecule has 5 nitrogen and oxygen atoms in total. The van der Waals surface area contributed by atoms with Crippen molar-refractivity contribution in [3.05, 3.63) is 53.6 Å². The zero-order chi connectivity index (χ0) is 20.0. The Morgan fingerprint density at radius 2 is 1.93 bits per heavy atom. The largest absolute Gasteiger partial charge is 1.00 e. The first-order valence-corrected chi connectivity index (χ1v) is 12.1. The van der Waals surface area contributed by atoms with Crippen molar-refractivity contribution in [3.63, 3.8) is 0 Å². The Balaban J connectivity index is 0.00000218. The molecule has 2 saturated carbocycles. The fourth-order valence-corrected chi connectivity index (χ4v) is 6.86. The van der Waals surface area contributed by atoms with Crippen molar-refractivity contribution in [2.45, 2.75) is 41.6 Å². The molecule has 2 aliphatic carbocycles.